The van der Waals surface area contributed by atoms with Crippen molar-refractivity contribution in [2.45, 2.75) is 232 Å². The summed E-state index contributed by atoms with van der Waals surface area (Å²) in [6.07, 6.45) is 47.7. The van der Waals surface area contributed by atoms with Crippen LogP contribution in [0.1, 0.15) is 226 Å². The van der Waals surface area contributed by atoms with Gasteiger partial charge in [-0.25, -0.2) is 0 Å². The molecule has 0 aliphatic heterocycles. The Balaban J connectivity index is 3.66. The van der Waals surface area contributed by atoms with E-state index < -0.39 is 5.97 Å². The zero-order valence-corrected chi connectivity index (χ0v) is 30.9. The van der Waals surface area contributed by atoms with Gasteiger partial charge in [0.1, 0.15) is 6.10 Å². The Morgan fingerprint density at radius 3 is 1.35 bits per heavy atom. The van der Waals surface area contributed by atoms with Crippen LogP contribution < -0.4 is 0 Å². The third-order valence-electron chi connectivity index (χ3n) is 9.19. The van der Waals surface area contributed by atoms with Crippen LogP contribution in [0.2, 0.25) is 0 Å². The smallest absolute Gasteiger partial charge is 0.306 e. The number of carboxylic acids is 1. The summed E-state index contributed by atoms with van der Waals surface area (Å²) >= 11 is 0. The Morgan fingerprint density at radius 1 is 0.478 bits per heavy atom. The molecule has 0 fully saturated rings. The van der Waals surface area contributed by atoms with Crippen LogP contribution in [0.25, 0.3) is 0 Å². The lowest BCUT2D eigenvalue weighted by molar-refractivity contribution is -0.151. The lowest BCUT2D eigenvalue weighted by atomic mass is 10.0. The fourth-order valence-corrected chi connectivity index (χ4v) is 6.15. The van der Waals surface area contributed by atoms with E-state index in [-0.39, 0.29) is 18.5 Å². The van der Waals surface area contributed by atoms with E-state index in [4.69, 9.17) is 9.84 Å². The fraction of sp³-hybridized carbons (Fsp3) is 0.857. The fourth-order valence-electron chi connectivity index (χ4n) is 6.15. The number of hydrogen-bond acceptors (Lipinski definition) is 3. The zero-order chi connectivity index (χ0) is 33.6. The molecule has 0 spiro atoms. The summed E-state index contributed by atoms with van der Waals surface area (Å²) in [5.74, 6) is -0.949. The molecular weight excluding hydrogens is 568 g/mol. The van der Waals surface area contributed by atoms with Crippen molar-refractivity contribution in [2.24, 2.45) is 0 Å². The summed E-state index contributed by atoms with van der Waals surface area (Å²) in [5, 5.41) is 9.11. The molecule has 0 amide bonds. The highest BCUT2D eigenvalue weighted by molar-refractivity contribution is 5.69. The van der Waals surface area contributed by atoms with Crippen LogP contribution in [0.4, 0.5) is 0 Å². The van der Waals surface area contributed by atoms with Gasteiger partial charge in [0, 0.05) is 12.8 Å². The molecule has 0 bridgehead atoms. The van der Waals surface area contributed by atoms with E-state index in [2.05, 4.69) is 38.2 Å². The van der Waals surface area contributed by atoms with Crippen molar-refractivity contribution in [1.82, 2.24) is 0 Å². The molecule has 1 unspecified atom stereocenters. The van der Waals surface area contributed by atoms with E-state index in [0.29, 0.717) is 12.8 Å². The van der Waals surface area contributed by atoms with Crippen LogP contribution in [-0.2, 0) is 14.3 Å². The average Bonchev–Trinajstić information content (AvgIpc) is 3.04. The van der Waals surface area contributed by atoms with E-state index in [1.165, 1.54) is 154 Å². The van der Waals surface area contributed by atoms with E-state index in [1.807, 2.05) is 0 Å². The van der Waals surface area contributed by atoms with Gasteiger partial charge in [0.25, 0.3) is 0 Å². The molecule has 4 nitrogen and oxygen atoms in total. The first-order valence-electron chi connectivity index (χ1n) is 20.3. The second-order valence-corrected chi connectivity index (χ2v) is 13.8. The first kappa shape index (κ1) is 44.4. The second-order valence-electron chi connectivity index (χ2n) is 13.8. The number of hydrogen-bond donors (Lipinski definition) is 1. The van der Waals surface area contributed by atoms with Crippen LogP contribution in [0, 0.1) is 0 Å². The molecule has 0 aromatic heterocycles. The monoisotopic (exact) mass is 647 g/mol. The minimum atomic E-state index is -0.810. The standard InChI is InChI=1S/C42H78O4/c1-3-5-7-9-11-13-15-17-18-19-20-21-22-23-24-25-27-29-31-33-35-37-42(45)46-40(38-39-41(43)44)36-34-32-30-28-26-16-14-12-10-8-6-4-2/h11,13,17-18,40H,3-10,12,14-16,19-39H2,1-2H3,(H,43,44)/b13-11-,18-17-. The van der Waals surface area contributed by atoms with Gasteiger partial charge in [0.15, 0.2) is 0 Å². The van der Waals surface area contributed by atoms with Gasteiger partial charge >= 0.3 is 11.9 Å². The number of rotatable bonds is 37. The molecule has 0 aliphatic rings. The highest BCUT2D eigenvalue weighted by atomic mass is 16.5. The highest BCUT2D eigenvalue weighted by Crippen LogP contribution is 2.18. The van der Waals surface area contributed by atoms with Crippen LogP contribution in [0.3, 0.4) is 0 Å². The van der Waals surface area contributed by atoms with Gasteiger partial charge in [-0.15, -0.1) is 0 Å². The third kappa shape index (κ3) is 36.9. The van der Waals surface area contributed by atoms with Gasteiger partial charge in [-0.2, -0.15) is 0 Å². The van der Waals surface area contributed by atoms with Crippen molar-refractivity contribution < 1.29 is 19.4 Å². The van der Waals surface area contributed by atoms with Crippen molar-refractivity contribution in [2.75, 3.05) is 0 Å². The number of carbonyl (C=O) groups excluding carboxylic acids is 1. The van der Waals surface area contributed by atoms with E-state index in [0.717, 1.165) is 38.5 Å². The SMILES string of the molecule is CCCCC/C=C\C/C=C\CCCCCCCCCCCCCC(=O)OC(CCCCCCCCCCCCCC)CCC(=O)O. The Morgan fingerprint density at radius 2 is 0.870 bits per heavy atom. The molecule has 46 heavy (non-hydrogen) atoms. The van der Waals surface area contributed by atoms with Crippen LogP contribution in [-0.4, -0.2) is 23.1 Å². The minimum Gasteiger partial charge on any atom is -0.481 e. The zero-order valence-electron chi connectivity index (χ0n) is 30.9. The summed E-state index contributed by atoms with van der Waals surface area (Å²) in [6, 6.07) is 0. The number of carboxylic acid groups (broad SMARTS) is 1. The molecule has 0 radical (unpaired) electrons. The van der Waals surface area contributed by atoms with E-state index in [9.17, 15) is 9.59 Å². The van der Waals surface area contributed by atoms with Gasteiger partial charge in [0.05, 0.1) is 0 Å². The van der Waals surface area contributed by atoms with Crippen molar-refractivity contribution in [3.8, 4) is 0 Å². The van der Waals surface area contributed by atoms with Crippen LogP contribution in [0.5, 0.6) is 0 Å². The Hall–Kier alpha value is -1.58. The first-order valence-corrected chi connectivity index (χ1v) is 20.3. The van der Waals surface area contributed by atoms with Gasteiger partial charge in [-0.1, -0.05) is 179 Å². The van der Waals surface area contributed by atoms with Crippen molar-refractivity contribution >= 4 is 11.9 Å². The number of esters is 1. The average molecular weight is 647 g/mol. The number of ether oxygens (including phenoxy) is 1. The molecule has 0 saturated heterocycles. The van der Waals surface area contributed by atoms with E-state index >= 15 is 0 Å². The molecule has 0 aromatic rings. The van der Waals surface area contributed by atoms with Gasteiger partial charge < -0.3 is 9.84 Å². The van der Waals surface area contributed by atoms with Gasteiger partial charge in [-0.05, 0) is 57.8 Å². The van der Waals surface area contributed by atoms with Gasteiger partial charge in [0.2, 0.25) is 0 Å². The largest absolute Gasteiger partial charge is 0.481 e. The molecule has 1 atom stereocenters. The number of carbonyl (C=O) groups is 2. The topological polar surface area (TPSA) is 63.6 Å². The maximum absolute atomic E-state index is 12.4. The van der Waals surface area contributed by atoms with Crippen LogP contribution >= 0.6 is 0 Å². The molecule has 0 aliphatic carbocycles. The molecular formula is C42H78O4. The summed E-state index contributed by atoms with van der Waals surface area (Å²) in [4.78, 5) is 23.5. The van der Waals surface area contributed by atoms with Gasteiger partial charge in [-0.3, -0.25) is 9.59 Å². The predicted molar refractivity (Wildman–Crippen MR) is 200 cm³/mol. The lowest BCUT2D eigenvalue weighted by Gasteiger charge is -2.17. The van der Waals surface area contributed by atoms with E-state index in [1.54, 1.807) is 0 Å². The molecule has 0 aromatic carbocycles. The summed E-state index contributed by atoms with van der Waals surface area (Å²) in [5.41, 5.74) is 0. The minimum absolute atomic E-state index is 0.0743. The molecule has 0 heterocycles. The molecule has 0 rings (SSSR count). The van der Waals surface area contributed by atoms with Crippen molar-refractivity contribution in [3.63, 3.8) is 0 Å². The number of allylic oxidation sites excluding steroid dienone is 4. The highest BCUT2D eigenvalue weighted by Gasteiger charge is 2.16. The van der Waals surface area contributed by atoms with Crippen molar-refractivity contribution in [3.05, 3.63) is 24.3 Å². The number of aliphatic carboxylic acids is 1. The quantitative estimate of drug-likeness (QED) is 0.0414. The normalized spacial score (nSPS) is 12.4. The lowest BCUT2D eigenvalue weighted by Crippen LogP contribution is -2.19. The second kappa shape index (κ2) is 37.9. The summed E-state index contributed by atoms with van der Waals surface area (Å²) in [7, 11) is 0. The maximum Gasteiger partial charge on any atom is 0.306 e. The van der Waals surface area contributed by atoms with Crippen molar-refractivity contribution in [1.29, 1.82) is 0 Å². The van der Waals surface area contributed by atoms with Crippen LogP contribution in [0.15, 0.2) is 24.3 Å². The Bertz CT molecular complexity index is 698. The summed E-state index contributed by atoms with van der Waals surface area (Å²) in [6.45, 7) is 4.52. The summed E-state index contributed by atoms with van der Waals surface area (Å²) < 4.78 is 5.74. The third-order valence-corrected chi connectivity index (χ3v) is 9.19. The molecule has 270 valence electrons. The predicted octanol–water partition coefficient (Wildman–Crippen LogP) is 14.0. The maximum atomic E-state index is 12.4. The molecule has 4 heteroatoms. The number of unbranched alkanes of at least 4 members (excludes halogenated alkanes) is 25. The molecule has 0 saturated carbocycles. The molecule has 1 N–H and O–H groups in total. The Kier molecular flexibility index (Phi) is 36.6. The first-order chi connectivity index (χ1) is 22.6. The Labute approximate surface area is 287 Å².